The van der Waals surface area contributed by atoms with Gasteiger partial charge in [-0.15, -0.1) is 0 Å². The molecular formula is C17H24N2O4. The molecule has 6 nitrogen and oxygen atoms in total. The van der Waals surface area contributed by atoms with Crippen molar-refractivity contribution in [1.82, 2.24) is 10.1 Å². The highest BCUT2D eigenvalue weighted by atomic mass is 16.5. The third-order valence-corrected chi connectivity index (χ3v) is 3.43. The second-order valence-electron chi connectivity index (χ2n) is 5.76. The largest absolute Gasteiger partial charge is 0.508 e. The molecule has 0 spiro atoms. The first-order chi connectivity index (χ1) is 11.0. The van der Waals surface area contributed by atoms with Crippen molar-refractivity contribution < 1.29 is 19.5 Å². The quantitative estimate of drug-likeness (QED) is 0.728. The Morgan fingerprint density at radius 3 is 2.78 bits per heavy atom. The Labute approximate surface area is 136 Å². The van der Waals surface area contributed by atoms with Gasteiger partial charge in [0.25, 0.3) is 5.88 Å². The fourth-order valence-corrected chi connectivity index (χ4v) is 2.26. The number of hydrogen-bond donors (Lipinski definition) is 2. The van der Waals surface area contributed by atoms with Crippen LogP contribution in [-0.4, -0.2) is 41.0 Å². The second kappa shape index (κ2) is 7.99. The van der Waals surface area contributed by atoms with Gasteiger partial charge in [0.15, 0.2) is 5.76 Å². The summed E-state index contributed by atoms with van der Waals surface area (Å²) < 4.78 is 11.0. The third-order valence-electron chi connectivity index (χ3n) is 3.43. The highest BCUT2D eigenvalue weighted by Gasteiger charge is 2.26. The van der Waals surface area contributed by atoms with Crippen LogP contribution in [0.15, 0.2) is 28.8 Å². The Kier molecular flexibility index (Phi) is 6.01. The van der Waals surface area contributed by atoms with Crippen LogP contribution in [0.3, 0.4) is 0 Å². The Hall–Kier alpha value is -2.05. The van der Waals surface area contributed by atoms with Gasteiger partial charge in [0.05, 0.1) is 18.7 Å². The van der Waals surface area contributed by atoms with Crippen LogP contribution in [0.25, 0.3) is 0 Å². The first kappa shape index (κ1) is 17.3. The molecule has 0 amide bonds. The van der Waals surface area contributed by atoms with E-state index in [0.29, 0.717) is 35.9 Å². The highest BCUT2D eigenvalue weighted by Crippen LogP contribution is 2.34. The SMILES string of the molecule is CCCCOc1noc(CN(C)C)c1[C@H](O)c1cccc(O)c1. The standard InChI is InChI=1S/C17H24N2O4/c1-4-5-9-22-17-15(14(23-18-17)11-19(2)3)16(21)12-7-6-8-13(20)10-12/h6-8,10,16,20-21H,4-5,9,11H2,1-3H3/t16-/m1/s1. The maximum absolute atomic E-state index is 10.7. The van der Waals surface area contributed by atoms with E-state index < -0.39 is 6.10 Å². The number of ether oxygens (including phenoxy) is 1. The van der Waals surface area contributed by atoms with Gasteiger partial charge in [0.2, 0.25) is 0 Å². The molecule has 126 valence electrons. The van der Waals surface area contributed by atoms with E-state index in [0.717, 1.165) is 12.8 Å². The van der Waals surface area contributed by atoms with Gasteiger partial charge in [0, 0.05) is 0 Å². The van der Waals surface area contributed by atoms with E-state index in [4.69, 9.17) is 9.26 Å². The van der Waals surface area contributed by atoms with Gasteiger partial charge in [0.1, 0.15) is 11.9 Å². The Balaban J connectivity index is 2.33. The minimum Gasteiger partial charge on any atom is -0.508 e. The van der Waals surface area contributed by atoms with Crippen molar-refractivity contribution in [3.05, 3.63) is 41.2 Å². The molecule has 1 aromatic carbocycles. The molecule has 0 bridgehead atoms. The molecule has 2 aromatic rings. The van der Waals surface area contributed by atoms with Crippen LogP contribution in [0, 0.1) is 0 Å². The molecule has 0 fully saturated rings. The van der Waals surface area contributed by atoms with E-state index in [1.807, 2.05) is 19.0 Å². The summed E-state index contributed by atoms with van der Waals surface area (Å²) >= 11 is 0. The molecule has 0 saturated carbocycles. The topological polar surface area (TPSA) is 79.0 Å². The lowest BCUT2D eigenvalue weighted by Gasteiger charge is -2.14. The monoisotopic (exact) mass is 320 g/mol. The number of nitrogens with zero attached hydrogens (tertiary/aromatic N) is 2. The second-order valence-corrected chi connectivity index (χ2v) is 5.76. The number of phenols is 1. The molecule has 1 heterocycles. The Bertz CT molecular complexity index is 625. The molecule has 0 unspecified atom stereocenters. The van der Waals surface area contributed by atoms with Crippen molar-refractivity contribution in [2.24, 2.45) is 0 Å². The molecule has 0 aliphatic carbocycles. The number of aromatic hydroxyl groups is 1. The molecule has 2 N–H and O–H groups in total. The average molecular weight is 320 g/mol. The van der Waals surface area contributed by atoms with Gasteiger partial charge in [-0.3, -0.25) is 0 Å². The van der Waals surface area contributed by atoms with Gasteiger partial charge in [-0.05, 0) is 43.4 Å². The van der Waals surface area contributed by atoms with Crippen LogP contribution in [0.1, 0.15) is 42.8 Å². The Morgan fingerprint density at radius 2 is 2.13 bits per heavy atom. The zero-order valence-corrected chi connectivity index (χ0v) is 13.8. The first-order valence-corrected chi connectivity index (χ1v) is 7.75. The maximum Gasteiger partial charge on any atom is 0.260 e. The third kappa shape index (κ3) is 4.46. The summed E-state index contributed by atoms with van der Waals surface area (Å²) in [6.45, 7) is 3.09. The molecular weight excluding hydrogens is 296 g/mol. The van der Waals surface area contributed by atoms with Gasteiger partial charge in [-0.2, -0.15) is 0 Å². The minimum absolute atomic E-state index is 0.0978. The smallest absolute Gasteiger partial charge is 0.260 e. The summed E-state index contributed by atoms with van der Waals surface area (Å²) in [6, 6.07) is 6.51. The molecule has 0 radical (unpaired) electrons. The van der Waals surface area contributed by atoms with E-state index in [2.05, 4.69) is 12.1 Å². The van der Waals surface area contributed by atoms with Gasteiger partial charge >= 0.3 is 0 Å². The summed E-state index contributed by atoms with van der Waals surface area (Å²) in [5.41, 5.74) is 1.08. The van der Waals surface area contributed by atoms with Gasteiger partial charge < -0.3 is 24.4 Å². The summed E-state index contributed by atoms with van der Waals surface area (Å²) in [6.07, 6.45) is 0.935. The van der Waals surface area contributed by atoms with Crippen LogP contribution in [0.5, 0.6) is 11.6 Å². The molecule has 6 heteroatoms. The van der Waals surface area contributed by atoms with Crippen molar-refractivity contribution in [2.45, 2.75) is 32.4 Å². The molecule has 1 aromatic heterocycles. The average Bonchev–Trinajstić information content (AvgIpc) is 2.89. The van der Waals surface area contributed by atoms with Crippen LogP contribution in [-0.2, 0) is 6.54 Å². The summed E-state index contributed by atoms with van der Waals surface area (Å²) in [4.78, 5) is 1.93. The lowest BCUT2D eigenvalue weighted by molar-refractivity contribution is 0.206. The van der Waals surface area contributed by atoms with Crippen LogP contribution >= 0.6 is 0 Å². The predicted molar refractivity (Wildman–Crippen MR) is 86.5 cm³/mol. The fraction of sp³-hybridized carbons (Fsp3) is 0.471. The molecule has 23 heavy (non-hydrogen) atoms. The van der Waals surface area contributed by atoms with Crippen LogP contribution in [0.2, 0.25) is 0 Å². The summed E-state index contributed by atoms with van der Waals surface area (Å²) in [5, 5.41) is 24.3. The number of benzene rings is 1. The van der Waals surface area contributed by atoms with Gasteiger partial charge in [-0.1, -0.05) is 25.5 Å². The highest BCUT2D eigenvalue weighted by molar-refractivity contribution is 5.40. The molecule has 0 aliphatic rings. The van der Waals surface area contributed by atoms with Crippen molar-refractivity contribution in [1.29, 1.82) is 0 Å². The van der Waals surface area contributed by atoms with Crippen LogP contribution < -0.4 is 4.74 Å². The summed E-state index contributed by atoms with van der Waals surface area (Å²) in [7, 11) is 3.81. The van der Waals surface area contributed by atoms with Crippen molar-refractivity contribution >= 4 is 0 Å². The zero-order valence-electron chi connectivity index (χ0n) is 13.8. The minimum atomic E-state index is -0.972. The number of unbranched alkanes of at least 4 members (excludes halogenated alkanes) is 1. The Morgan fingerprint density at radius 1 is 1.35 bits per heavy atom. The lowest BCUT2D eigenvalue weighted by atomic mass is 10.0. The summed E-state index contributed by atoms with van der Waals surface area (Å²) in [5.74, 6) is 0.962. The predicted octanol–water partition coefficient (Wildman–Crippen LogP) is 2.70. The number of phenolic OH excluding ortho intramolecular Hbond substituents is 1. The zero-order chi connectivity index (χ0) is 16.8. The van der Waals surface area contributed by atoms with E-state index in [1.165, 1.54) is 6.07 Å². The van der Waals surface area contributed by atoms with Crippen molar-refractivity contribution in [3.63, 3.8) is 0 Å². The molecule has 0 saturated heterocycles. The number of aliphatic hydroxyl groups excluding tert-OH is 1. The number of rotatable bonds is 8. The van der Waals surface area contributed by atoms with E-state index in [-0.39, 0.29) is 5.75 Å². The molecule has 2 rings (SSSR count). The maximum atomic E-state index is 10.7. The number of hydrogen-bond acceptors (Lipinski definition) is 6. The number of aromatic nitrogens is 1. The fourth-order valence-electron chi connectivity index (χ4n) is 2.26. The normalized spacial score (nSPS) is 12.6. The number of aliphatic hydroxyl groups is 1. The van der Waals surface area contributed by atoms with Crippen molar-refractivity contribution in [3.8, 4) is 11.6 Å². The molecule has 0 aliphatic heterocycles. The van der Waals surface area contributed by atoms with E-state index in [9.17, 15) is 10.2 Å². The van der Waals surface area contributed by atoms with Crippen LogP contribution in [0.4, 0.5) is 0 Å². The van der Waals surface area contributed by atoms with E-state index in [1.54, 1.807) is 18.2 Å². The van der Waals surface area contributed by atoms with E-state index >= 15 is 0 Å². The van der Waals surface area contributed by atoms with Gasteiger partial charge in [-0.25, -0.2) is 0 Å². The van der Waals surface area contributed by atoms with Crippen molar-refractivity contribution in [2.75, 3.05) is 20.7 Å². The molecule has 1 atom stereocenters. The first-order valence-electron chi connectivity index (χ1n) is 7.75. The lowest BCUT2D eigenvalue weighted by Crippen LogP contribution is -2.13.